The van der Waals surface area contributed by atoms with E-state index in [1.54, 1.807) is 7.11 Å². The van der Waals surface area contributed by atoms with Crippen LogP contribution >= 0.6 is 0 Å². The first-order valence-corrected chi connectivity index (χ1v) is 13.2. The van der Waals surface area contributed by atoms with Gasteiger partial charge >= 0.3 is 0 Å². The van der Waals surface area contributed by atoms with Gasteiger partial charge in [-0.05, 0) is 66.8 Å². The Bertz CT molecular complexity index is 1270. The summed E-state index contributed by atoms with van der Waals surface area (Å²) in [5.41, 5.74) is 2.98. The number of hydrogen-bond acceptors (Lipinski definition) is 7. The van der Waals surface area contributed by atoms with Crippen LogP contribution in [0.1, 0.15) is 42.2 Å². The van der Waals surface area contributed by atoms with E-state index in [0.29, 0.717) is 18.5 Å². The summed E-state index contributed by atoms with van der Waals surface area (Å²) >= 11 is -2.59. The lowest BCUT2D eigenvalue weighted by Gasteiger charge is -2.28. The Morgan fingerprint density at radius 2 is 1.76 bits per heavy atom. The van der Waals surface area contributed by atoms with Gasteiger partial charge < -0.3 is 34.9 Å². The van der Waals surface area contributed by atoms with Gasteiger partial charge in [-0.1, -0.05) is 42.5 Å². The molecule has 1 amide bonds. The molecule has 0 aromatic heterocycles. The lowest BCUT2D eigenvalue weighted by Crippen LogP contribution is -2.43. The zero-order valence-corrected chi connectivity index (χ0v) is 22.5. The van der Waals surface area contributed by atoms with Crippen LogP contribution in [0.3, 0.4) is 0 Å². The highest BCUT2D eigenvalue weighted by atomic mass is 32.2. The van der Waals surface area contributed by atoms with Crippen LogP contribution in [0, 0.1) is 0 Å². The van der Waals surface area contributed by atoms with Crippen molar-refractivity contribution in [2.45, 2.75) is 44.9 Å². The van der Waals surface area contributed by atoms with Gasteiger partial charge in [0.25, 0.3) is 0 Å². The first-order chi connectivity index (χ1) is 18.0. The number of amides is 1. The number of carbonyl (C=O) groups is 1. The maximum absolute atomic E-state index is 12.5. The number of rotatable bonds is 13. The molecule has 3 rings (SSSR count). The third kappa shape index (κ3) is 9.14. The SMILES string of the molecule is COc1cccc(CNC(=O)Cc2cccc(CC(C)(C)NC[C@H](O)c3ccc(O)c(NS(=O)[O-])c3)c2)c1. The molecule has 0 aliphatic rings. The molecular weight excluding hydrogens is 506 g/mol. The second-order valence-electron chi connectivity index (χ2n) is 9.70. The average molecular weight is 541 g/mol. The molecule has 0 aliphatic carbocycles. The number of methoxy groups -OCH3 is 1. The van der Waals surface area contributed by atoms with Crippen LogP contribution in [0.4, 0.5) is 5.69 Å². The second-order valence-corrected chi connectivity index (χ2v) is 10.4. The Morgan fingerprint density at radius 3 is 2.50 bits per heavy atom. The average Bonchev–Trinajstić information content (AvgIpc) is 2.87. The number of phenolic OH excluding ortho intramolecular Hbond substituents is 1. The van der Waals surface area contributed by atoms with Crippen molar-refractivity contribution in [2.75, 3.05) is 18.4 Å². The van der Waals surface area contributed by atoms with E-state index in [1.165, 1.54) is 18.2 Å². The van der Waals surface area contributed by atoms with E-state index < -0.39 is 17.4 Å². The van der Waals surface area contributed by atoms with Crippen molar-refractivity contribution in [3.05, 3.63) is 89.0 Å². The summed E-state index contributed by atoms with van der Waals surface area (Å²) in [5.74, 6) is 0.441. The van der Waals surface area contributed by atoms with Crippen LogP contribution in [0.15, 0.2) is 66.7 Å². The van der Waals surface area contributed by atoms with Gasteiger partial charge in [-0.15, -0.1) is 0 Å². The summed E-state index contributed by atoms with van der Waals surface area (Å²) in [7, 11) is 1.61. The number of ether oxygens (including phenoxy) is 1. The number of phenols is 1. The summed E-state index contributed by atoms with van der Waals surface area (Å²) in [6.07, 6.45) is -0.0122. The molecule has 0 bridgehead atoms. The van der Waals surface area contributed by atoms with Crippen LogP contribution in [0.5, 0.6) is 11.5 Å². The number of carbonyl (C=O) groups excluding carboxylic acids is 1. The van der Waals surface area contributed by atoms with Gasteiger partial charge in [0.05, 0.1) is 25.3 Å². The van der Waals surface area contributed by atoms with Crippen molar-refractivity contribution in [3.8, 4) is 11.5 Å². The number of benzene rings is 3. The molecule has 5 N–H and O–H groups in total. The Kier molecular flexibility index (Phi) is 10.3. The lowest BCUT2D eigenvalue weighted by molar-refractivity contribution is -0.120. The fourth-order valence-corrected chi connectivity index (χ4v) is 4.42. The summed E-state index contributed by atoms with van der Waals surface area (Å²) in [5, 5.41) is 26.7. The van der Waals surface area contributed by atoms with E-state index in [0.717, 1.165) is 22.4 Å². The summed E-state index contributed by atoms with van der Waals surface area (Å²) in [6, 6.07) is 19.7. The van der Waals surface area contributed by atoms with E-state index >= 15 is 0 Å². The summed E-state index contributed by atoms with van der Waals surface area (Å²) in [4.78, 5) is 12.5. The van der Waals surface area contributed by atoms with Gasteiger partial charge in [-0.25, -0.2) is 0 Å². The van der Waals surface area contributed by atoms with Gasteiger partial charge in [0.2, 0.25) is 5.91 Å². The van der Waals surface area contributed by atoms with Crippen molar-refractivity contribution in [2.24, 2.45) is 0 Å². The van der Waals surface area contributed by atoms with Crippen LogP contribution in [0.2, 0.25) is 0 Å². The van der Waals surface area contributed by atoms with E-state index in [1.807, 2.05) is 62.4 Å². The molecule has 0 aliphatic heterocycles. The summed E-state index contributed by atoms with van der Waals surface area (Å²) in [6.45, 7) is 4.65. The van der Waals surface area contributed by atoms with Crippen LogP contribution in [-0.2, 0) is 35.4 Å². The lowest BCUT2D eigenvalue weighted by atomic mass is 9.93. The smallest absolute Gasteiger partial charge is 0.224 e. The van der Waals surface area contributed by atoms with Crippen molar-refractivity contribution in [3.63, 3.8) is 0 Å². The molecule has 0 saturated carbocycles. The Balaban J connectivity index is 1.53. The Labute approximate surface area is 225 Å². The van der Waals surface area contributed by atoms with Gasteiger partial charge in [-0.3, -0.25) is 9.00 Å². The predicted octanol–water partition coefficient (Wildman–Crippen LogP) is 3.11. The number of anilines is 1. The Morgan fingerprint density at radius 1 is 1.05 bits per heavy atom. The molecule has 2 atom stereocenters. The van der Waals surface area contributed by atoms with Gasteiger partial charge in [0, 0.05) is 29.9 Å². The van der Waals surface area contributed by atoms with Crippen LogP contribution in [-0.4, -0.2) is 44.1 Å². The fraction of sp³-hybridized carbons (Fsp3) is 0.321. The first-order valence-electron chi connectivity index (χ1n) is 12.1. The highest BCUT2D eigenvalue weighted by Gasteiger charge is 2.21. The standard InChI is InChI=1S/C28H35N3O6S/c1-28(2,30-18-26(33)22-10-11-25(32)24(15-22)31-38(35)36)16-20-7-4-6-19(12-20)14-27(34)29-17-21-8-5-9-23(13-21)37-3/h4-13,15,26,30-33H,14,16-18H2,1-3H3,(H,29,34)(H,35,36)/p-1/t26-/m0/s1. The molecule has 0 heterocycles. The van der Waals surface area contributed by atoms with Crippen molar-refractivity contribution < 1.29 is 28.5 Å². The number of aliphatic hydroxyl groups excluding tert-OH is 1. The van der Waals surface area contributed by atoms with Gasteiger partial charge in [-0.2, -0.15) is 0 Å². The minimum absolute atomic E-state index is 0.00140. The van der Waals surface area contributed by atoms with Gasteiger partial charge in [0.1, 0.15) is 11.5 Å². The number of nitrogens with one attached hydrogen (secondary N) is 3. The minimum atomic E-state index is -2.59. The molecule has 0 spiro atoms. The van der Waals surface area contributed by atoms with Gasteiger partial charge in [0.15, 0.2) is 0 Å². The summed E-state index contributed by atoms with van der Waals surface area (Å²) < 4.78 is 29.1. The number of hydrogen-bond donors (Lipinski definition) is 5. The quantitative estimate of drug-likeness (QED) is 0.166. The maximum Gasteiger partial charge on any atom is 0.224 e. The molecule has 204 valence electrons. The molecule has 1 unspecified atom stereocenters. The molecule has 38 heavy (non-hydrogen) atoms. The van der Waals surface area contributed by atoms with E-state index in [4.69, 9.17) is 4.74 Å². The van der Waals surface area contributed by atoms with Crippen LogP contribution in [0.25, 0.3) is 0 Å². The monoisotopic (exact) mass is 540 g/mol. The normalized spacial score (nSPS) is 13.0. The van der Waals surface area contributed by atoms with Crippen molar-refractivity contribution in [1.82, 2.24) is 10.6 Å². The van der Waals surface area contributed by atoms with E-state index in [9.17, 15) is 23.8 Å². The third-order valence-corrected chi connectivity index (χ3v) is 6.39. The number of aliphatic hydroxyl groups is 1. The molecule has 3 aromatic carbocycles. The highest BCUT2D eigenvalue weighted by Crippen LogP contribution is 2.27. The van der Waals surface area contributed by atoms with Crippen molar-refractivity contribution in [1.29, 1.82) is 0 Å². The third-order valence-electron chi connectivity index (χ3n) is 6.00. The molecule has 10 heteroatoms. The van der Waals surface area contributed by atoms with E-state index in [-0.39, 0.29) is 35.8 Å². The van der Waals surface area contributed by atoms with Crippen LogP contribution < -0.4 is 20.1 Å². The predicted molar refractivity (Wildman–Crippen MR) is 146 cm³/mol. The van der Waals surface area contributed by atoms with Crippen molar-refractivity contribution >= 4 is 22.9 Å². The minimum Gasteiger partial charge on any atom is -0.755 e. The second kappa shape index (κ2) is 13.4. The Hall–Kier alpha value is -3.44. The molecular formula is C28H34N3O6S-. The molecule has 0 saturated heterocycles. The number of β-amino-alcohol motifs (C(OH)–C–C–N with tert-alkyl or cyclic N) is 1. The molecule has 9 nitrogen and oxygen atoms in total. The zero-order valence-electron chi connectivity index (χ0n) is 21.7. The molecule has 0 fully saturated rings. The number of aromatic hydroxyl groups is 1. The highest BCUT2D eigenvalue weighted by molar-refractivity contribution is 7.80. The molecule has 0 radical (unpaired) electrons. The zero-order chi connectivity index (χ0) is 27.7. The first kappa shape index (κ1) is 29.1. The largest absolute Gasteiger partial charge is 0.755 e. The van der Waals surface area contributed by atoms with E-state index in [2.05, 4.69) is 15.4 Å². The maximum atomic E-state index is 12.5. The molecule has 3 aromatic rings. The fourth-order valence-electron chi connectivity index (χ4n) is 4.08. The topological polar surface area (TPSA) is 143 Å².